The molecule has 0 bridgehead atoms. The highest BCUT2D eigenvalue weighted by Crippen LogP contribution is 2.15. The first kappa shape index (κ1) is 20.1. The summed E-state index contributed by atoms with van der Waals surface area (Å²) in [6.07, 6.45) is 1.03. The molecule has 0 aliphatic carbocycles. The average Bonchev–Trinajstić information content (AvgIpc) is 3.04. The molecule has 1 saturated heterocycles. The van der Waals surface area contributed by atoms with Crippen LogP contribution in [0.5, 0.6) is 0 Å². The van der Waals surface area contributed by atoms with Gasteiger partial charge >= 0.3 is 6.09 Å². The maximum atomic E-state index is 12.1. The molecule has 1 aromatic rings. The first-order chi connectivity index (χ1) is 12.4. The Morgan fingerprint density at radius 3 is 2.69 bits per heavy atom. The fraction of sp³-hybridized carbons (Fsp3) is 0.625. The zero-order chi connectivity index (χ0) is 19.1. The van der Waals surface area contributed by atoms with Gasteiger partial charge in [0.1, 0.15) is 5.76 Å². The highest BCUT2D eigenvalue weighted by Gasteiger charge is 2.24. The molecule has 9 nitrogen and oxygen atoms in total. The Morgan fingerprint density at radius 2 is 2.12 bits per heavy atom. The molecule has 1 aromatic heterocycles. The van der Waals surface area contributed by atoms with Crippen LogP contribution in [0.1, 0.15) is 25.5 Å². The summed E-state index contributed by atoms with van der Waals surface area (Å²) >= 11 is 1.25. The van der Waals surface area contributed by atoms with Gasteiger partial charge in [0, 0.05) is 25.2 Å². The Morgan fingerprint density at radius 1 is 1.42 bits per heavy atom. The van der Waals surface area contributed by atoms with Crippen molar-refractivity contribution >= 4 is 35.5 Å². The van der Waals surface area contributed by atoms with Crippen molar-refractivity contribution < 1.29 is 23.6 Å². The Hall–Kier alpha value is -2.23. The topological polar surface area (TPSA) is 114 Å². The molecule has 0 saturated carbocycles. The van der Waals surface area contributed by atoms with Gasteiger partial charge in [0.25, 0.3) is 0 Å². The maximum absolute atomic E-state index is 12.1. The van der Waals surface area contributed by atoms with Crippen molar-refractivity contribution in [2.24, 2.45) is 0 Å². The number of amides is 3. The highest BCUT2D eigenvalue weighted by atomic mass is 32.2. The molecular weight excluding hydrogens is 360 g/mol. The first-order valence-electron chi connectivity index (χ1n) is 8.37. The minimum absolute atomic E-state index is 0.0336. The molecule has 26 heavy (non-hydrogen) atoms. The van der Waals surface area contributed by atoms with Crippen LogP contribution in [0.4, 0.5) is 10.6 Å². The van der Waals surface area contributed by atoms with E-state index in [-0.39, 0.29) is 29.7 Å². The second kappa shape index (κ2) is 9.46. The molecular formula is C16H24N4O5S. The van der Waals surface area contributed by atoms with Gasteiger partial charge in [0.15, 0.2) is 5.82 Å². The summed E-state index contributed by atoms with van der Waals surface area (Å²) in [6, 6.07) is 1.66. The third kappa shape index (κ3) is 5.94. The molecule has 2 N–H and O–H groups in total. The van der Waals surface area contributed by atoms with E-state index >= 15 is 0 Å². The number of thioether (sulfide) groups is 1. The largest absolute Gasteiger partial charge is 0.453 e. The number of aryl methyl sites for hydroxylation is 1. The lowest BCUT2D eigenvalue weighted by atomic mass is 10.1. The Labute approximate surface area is 156 Å². The fourth-order valence-corrected chi connectivity index (χ4v) is 3.23. The number of piperidine rings is 1. The second-order valence-electron chi connectivity index (χ2n) is 6.06. The van der Waals surface area contributed by atoms with Gasteiger partial charge in [-0.2, -0.15) is 0 Å². The fourth-order valence-electron chi connectivity index (χ4n) is 2.53. The number of methoxy groups -OCH3 is 1. The van der Waals surface area contributed by atoms with Gasteiger partial charge in [-0.05, 0) is 26.7 Å². The van der Waals surface area contributed by atoms with Crippen LogP contribution in [0.15, 0.2) is 10.6 Å². The van der Waals surface area contributed by atoms with Crippen LogP contribution in [0.3, 0.4) is 0 Å². The zero-order valence-electron chi connectivity index (χ0n) is 15.1. The molecule has 0 spiro atoms. The molecule has 144 valence electrons. The number of rotatable bonds is 6. The number of ether oxygens (including phenoxy) is 1. The number of hydrogen-bond acceptors (Lipinski definition) is 7. The van der Waals surface area contributed by atoms with Crippen LogP contribution < -0.4 is 10.6 Å². The predicted octanol–water partition coefficient (Wildman–Crippen LogP) is 1.39. The lowest BCUT2D eigenvalue weighted by Gasteiger charge is -2.31. The minimum Gasteiger partial charge on any atom is -0.453 e. The standard InChI is InChI=1S/C16H24N4O5S/c1-10-8-13(19-25-10)18-15(22)11(2)26-9-14(21)17-12-4-6-20(7-5-12)16(23)24-3/h8,11-12H,4-7,9H2,1-3H3,(H,17,21)(H,18,19,22). The molecule has 3 amide bonds. The smallest absolute Gasteiger partial charge is 0.409 e. The number of carbonyl (C=O) groups excluding carboxylic acids is 3. The lowest BCUT2D eigenvalue weighted by Crippen LogP contribution is -2.47. The van der Waals surface area contributed by atoms with Gasteiger partial charge in [-0.1, -0.05) is 5.16 Å². The molecule has 0 aromatic carbocycles. The average molecular weight is 384 g/mol. The van der Waals surface area contributed by atoms with Gasteiger partial charge in [-0.15, -0.1) is 11.8 Å². The van der Waals surface area contributed by atoms with Crippen LogP contribution in [0, 0.1) is 6.92 Å². The van der Waals surface area contributed by atoms with Crippen molar-refractivity contribution in [3.63, 3.8) is 0 Å². The maximum Gasteiger partial charge on any atom is 0.409 e. The summed E-state index contributed by atoms with van der Waals surface area (Å²) < 4.78 is 9.57. The van der Waals surface area contributed by atoms with Crippen molar-refractivity contribution in [1.29, 1.82) is 0 Å². The minimum atomic E-state index is -0.404. The number of anilines is 1. The third-order valence-electron chi connectivity index (χ3n) is 4.01. The summed E-state index contributed by atoms with van der Waals surface area (Å²) in [4.78, 5) is 37.2. The van der Waals surface area contributed by atoms with Gasteiger partial charge in [-0.3, -0.25) is 9.59 Å². The molecule has 1 aliphatic rings. The Balaban J connectivity index is 1.66. The molecule has 1 aliphatic heterocycles. The lowest BCUT2D eigenvalue weighted by molar-refractivity contribution is -0.119. The van der Waals surface area contributed by atoms with Crippen LogP contribution in [0.25, 0.3) is 0 Å². The Bertz CT molecular complexity index is 642. The van der Waals surface area contributed by atoms with E-state index in [0.29, 0.717) is 37.5 Å². The molecule has 10 heteroatoms. The predicted molar refractivity (Wildman–Crippen MR) is 96.9 cm³/mol. The van der Waals surface area contributed by atoms with Crippen LogP contribution in [-0.2, 0) is 14.3 Å². The molecule has 1 unspecified atom stereocenters. The summed E-state index contributed by atoms with van der Waals surface area (Å²) in [5.74, 6) is 0.801. The molecule has 0 radical (unpaired) electrons. The van der Waals surface area contributed by atoms with E-state index in [2.05, 4.69) is 20.5 Å². The number of carbonyl (C=O) groups is 3. The number of nitrogens with zero attached hydrogens (tertiary/aromatic N) is 2. The van der Waals surface area contributed by atoms with Crippen molar-refractivity contribution in [2.75, 3.05) is 31.3 Å². The SMILES string of the molecule is COC(=O)N1CCC(NC(=O)CSC(C)C(=O)Nc2cc(C)on2)CC1. The van der Waals surface area contributed by atoms with Crippen molar-refractivity contribution in [1.82, 2.24) is 15.4 Å². The molecule has 2 heterocycles. The first-order valence-corrected chi connectivity index (χ1v) is 9.42. The van der Waals surface area contributed by atoms with E-state index in [1.807, 2.05) is 0 Å². The van der Waals surface area contributed by atoms with E-state index in [1.54, 1.807) is 24.8 Å². The zero-order valence-corrected chi connectivity index (χ0v) is 15.9. The number of likely N-dealkylation sites (tertiary alicyclic amines) is 1. The van der Waals surface area contributed by atoms with E-state index in [9.17, 15) is 14.4 Å². The van der Waals surface area contributed by atoms with E-state index in [4.69, 9.17) is 4.52 Å². The van der Waals surface area contributed by atoms with Gasteiger partial charge in [0.05, 0.1) is 18.1 Å². The quantitative estimate of drug-likeness (QED) is 0.762. The van der Waals surface area contributed by atoms with Gasteiger partial charge in [0.2, 0.25) is 11.8 Å². The number of hydrogen-bond donors (Lipinski definition) is 2. The summed E-state index contributed by atoms with van der Waals surface area (Å²) in [6.45, 7) is 4.58. The summed E-state index contributed by atoms with van der Waals surface area (Å²) in [5, 5.41) is 8.89. The Kier molecular flexibility index (Phi) is 7.31. The van der Waals surface area contributed by atoms with Crippen LogP contribution in [0.2, 0.25) is 0 Å². The molecule has 1 fully saturated rings. The molecule has 2 rings (SSSR count). The summed E-state index contributed by atoms with van der Waals surface area (Å²) in [7, 11) is 1.36. The van der Waals surface area contributed by atoms with Crippen molar-refractivity contribution in [2.45, 2.75) is 38.0 Å². The second-order valence-corrected chi connectivity index (χ2v) is 7.39. The van der Waals surface area contributed by atoms with Crippen molar-refractivity contribution in [3.05, 3.63) is 11.8 Å². The van der Waals surface area contributed by atoms with Gasteiger partial charge in [-0.25, -0.2) is 4.79 Å². The number of nitrogens with one attached hydrogen (secondary N) is 2. The van der Waals surface area contributed by atoms with E-state index in [1.165, 1.54) is 18.9 Å². The van der Waals surface area contributed by atoms with Crippen molar-refractivity contribution in [3.8, 4) is 0 Å². The summed E-state index contributed by atoms with van der Waals surface area (Å²) in [5.41, 5.74) is 0. The third-order valence-corrected chi connectivity index (χ3v) is 5.15. The highest BCUT2D eigenvalue weighted by molar-refractivity contribution is 8.01. The monoisotopic (exact) mass is 384 g/mol. The normalized spacial score (nSPS) is 16.0. The van der Waals surface area contributed by atoms with Gasteiger partial charge < -0.3 is 24.8 Å². The van der Waals surface area contributed by atoms with Crippen LogP contribution >= 0.6 is 11.8 Å². The van der Waals surface area contributed by atoms with E-state index in [0.717, 1.165) is 0 Å². The van der Waals surface area contributed by atoms with E-state index < -0.39 is 5.25 Å². The molecule has 1 atom stereocenters. The number of aromatic nitrogens is 1. The van der Waals surface area contributed by atoms with Crippen LogP contribution in [-0.4, -0.2) is 65.2 Å².